The first-order valence-corrected chi connectivity index (χ1v) is 1.46. The van der Waals surface area contributed by atoms with E-state index in [9.17, 15) is 0 Å². The van der Waals surface area contributed by atoms with Gasteiger partial charge in [-0.1, -0.05) is 0 Å². The van der Waals surface area contributed by atoms with Crippen molar-refractivity contribution in [2.24, 2.45) is 0 Å². The van der Waals surface area contributed by atoms with Crippen molar-refractivity contribution in [3.8, 4) is 0 Å². The van der Waals surface area contributed by atoms with Crippen molar-refractivity contribution in [1.82, 2.24) is 0 Å². The van der Waals surface area contributed by atoms with Crippen LogP contribution >= 0.6 is 0 Å². The van der Waals surface area contributed by atoms with Gasteiger partial charge in [-0.05, 0) is 0 Å². The van der Waals surface area contributed by atoms with E-state index in [0.717, 1.165) is 0 Å². The van der Waals surface area contributed by atoms with Crippen molar-refractivity contribution >= 4 is 0 Å². The van der Waals surface area contributed by atoms with Crippen LogP contribution in [-0.2, 0) is 48.6 Å². The van der Waals surface area contributed by atoms with Crippen LogP contribution in [0, 0.1) is 0 Å². The van der Waals surface area contributed by atoms with E-state index in [1.54, 1.807) is 42.1 Å². The molecule has 0 saturated heterocycles. The molecule has 0 radical (unpaired) electrons. The van der Waals surface area contributed by atoms with Crippen molar-refractivity contribution in [2.45, 2.75) is 0 Å². The molecule has 0 spiro atoms. The minimum absolute atomic E-state index is 1.70. The van der Waals surface area contributed by atoms with E-state index in [1.807, 2.05) is 0 Å². The third-order valence-electron chi connectivity index (χ3n) is 0. The Labute approximate surface area is 48.5 Å². The van der Waals surface area contributed by atoms with E-state index < -0.39 is 0 Å². The quantitative estimate of drug-likeness (QED) is 0.554. The van der Waals surface area contributed by atoms with Gasteiger partial charge in [0, 0.05) is 0 Å². The molecule has 0 atom stereocenters. The Kier molecular flexibility index (Phi) is 73.9. The summed E-state index contributed by atoms with van der Waals surface area (Å²) in [4.78, 5) is 0. The first kappa shape index (κ1) is 8.91. The molecule has 0 aromatic rings. The molecule has 0 bridgehead atoms. The van der Waals surface area contributed by atoms with E-state index in [-0.39, 0.29) is 0 Å². The molecule has 0 aromatic carbocycles. The first-order valence-electron chi connectivity index (χ1n) is 0.246. The molecule has 4 heavy (non-hydrogen) atoms. The van der Waals surface area contributed by atoms with Crippen LogP contribution in [0.25, 0.3) is 0 Å². The van der Waals surface area contributed by atoms with Crippen LogP contribution in [0.1, 0.15) is 0 Å². The van der Waals surface area contributed by atoms with Gasteiger partial charge in [0.15, 0.2) is 0 Å². The van der Waals surface area contributed by atoms with Crippen LogP contribution in [0.4, 0.5) is 0 Å². The first-order chi connectivity index (χ1) is 2.00. The summed E-state index contributed by atoms with van der Waals surface area (Å²) < 4.78 is 16.1. The molecule has 0 aliphatic carbocycles. The topological polar surface area (TPSA) is 34.1 Å². The van der Waals surface area contributed by atoms with E-state index >= 15 is 0 Å². The predicted octanol–water partition coefficient (Wildman–Crippen LogP) is -0.243. The van der Waals surface area contributed by atoms with Gasteiger partial charge in [0.05, 0.1) is 0 Å². The summed E-state index contributed by atoms with van der Waals surface area (Å²) in [6.45, 7) is 0. The normalized spacial score (nSPS) is 3.00. The molecule has 2 nitrogen and oxygen atoms in total. The summed E-state index contributed by atoms with van der Waals surface area (Å²) in [7, 11) is 0. The standard InChI is InChI=1S/2Ag.2O. The predicted molar refractivity (Wildman–Crippen MR) is 1.37 cm³/mol. The molecule has 0 aromatic heterocycles. The Balaban J connectivity index is 0. The Morgan fingerprint density at radius 2 is 0.750 bits per heavy atom. The van der Waals surface area contributed by atoms with Crippen LogP contribution in [0.3, 0.4) is 0 Å². The average molecular weight is 248 g/mol. The van der Waals surface area contributed by atoms with Gasteiger partial charge in [-0.15, -0.1) is 0 Å². The summed E-state index contributed by atoms with van der Waals surface area (Å²) >= 11 is 3.40. The zero-order valence-electron chi connectivity index (χ0n) is 1.42. The van der Waals surface area contributed by atoms with Gasteiger partial charge >= 0.3 is 48.6 Å². The number of hydrogen-bond acceptors (Lipinski definition) is 2. The zero-order valence-corrected chi connectivity index (χ0v) is 4.38. The van der Waals surface area contributed by atoms with Crippen LogP contribution in [0.15, 0.2) is 0 Å². The average Bonchev–Trinajstić information content (AvgIpc) is 1.50. The van der Waals surface area contributed by atoms with Gasteiger partial charge in [0.25, 0.3) is 0 Å². The molecule has 0 rings (SSSR count). The Morgan fingerprint density at radius 1 is 0.750 bits per heavy atom. The Bertz CT molecular complexity index is 6.00. The molecule has 0 aliphatic rings. The summed E-state index contributed by atoms with van der Waals surface area (Å²) in [5, 5.41) is 0. The summed E-state index contributed by atoms with van der Waals surface area (Å²) in [5.74, 6) is 0. The number of rotatable bonds is 0. The number of hydrogen-bond donors (Lipinski definition) is 0. The molecule has 34 valence electrons. The van der Waals surface area contributed by atoms with Crippen LogP contribution < -0.4 is 0 Å². The molecular weight excluding hydrogens is 248 g/mol. The second kappa shape index (κ2) is 33.2. The Hall–Kier alpha value is 1.08. The second-order valence-electron chi connectivity index (χ2n) is 0. The van der Waals surface area contributed by atoms with Gasteiger partial charge in [-0.25, -0.2) is 0 Å². The van der Waals surface area contributed by atoms with Crippen molar-refractivity contribution < 1.29 is 48.6 Å². The van der Waals surface area contributed by atoms with Crippen LogP contribution in [0.2, 0.25) is 0 Å². The molecular formula is Ag2O2. The molecule has 4 heteroatoms. The van der Waals surface area contributed by atoms with E-state index in [4.69, 9.17) is 6.50 Å². The molecule has 0 saturated carbocycles. The molecule has 0 N–H and O–H groups in total. The van der Waals surface area contributed by atoms with Gasteiger partial charge < -0.3 is 0 Å². The van der Waals surface area contributed by atoms with E-state index in [0.29, 0.717) is 0 Å². The van der Waals surface area contributed by atoms with Crippen LogP contribution in [0.5, 0.6) is 0 Å². The second-order valence-corrected chi connectivity index (χ2v) is 0. The van der Waals surface area contributed by atoms with Gasteiger partial charge in [0.2, 0.25) is 0 Å². The van der Waals surface area contributed by atoms with Gasteiger partial charge in [-0.2, -0.15) is 0 Å². The third kappa shape index (κ3) is 11.4. The van der Waals surface area contributed by atoms with Gasteiger partial charge in [0.1, 0.15) is 0 Å². The van der Waals surface area contributed by atoms with Crippen LogP contribution in [-0.4, -0.2) is 0 Å². The fourth-order valence-corrected chi connectivity index (χ4v) is 0. The zero-order chi connectivity index (χ0) is 4.00. The fourth-order valence-electron chi connectivity index (χ4n) is 0. The summed E-state index contributed by atoms with van der Waals surface area (Å²) in [5.41, 5.74) is 0. The maximum absolute atomic E-state index is 8.06. The summed E-state index contributed by atoms with van der Waals surface area (Å²) in [6, 6.07) is 0. The van der Waals surface area contributed by atoms with Crippen molar-refractivity contribution in [2.75, 3.05) is 0 Å². The van der Waals surface area contributed by atoms with E-state index in [1.165, 1.54) is 0 Å². The molecule has 0 amide bonds. The monoisotopic (exact) mass is 246 g/mol. The SMILES string of the molecule is [O]=[Ag].[O]=[Ag]. The molecule has 0 unspecified atom stereocenters. The Morgan fingerprint density at radius 3 is 0.750 bits per heavy atom. The van der Waals surface area contributed by atoms with Crippen molar-refractivity contribution in [3.05, 3.63) is 0 Å². The molecule has 0 aliphatic heterocycles. The maximum atomic E-state index is 8.06. The van der Waals surface area contributed by atoms with Crippen molar-refractivity contribution in [3.63, 3.8) is 0 Å². The van der Waals surface area contributed by atoms with Crippen molar-refractivity contribution in [1.29, 1.82) is 0 Å². The molecule has 0 fully saturated rings. The fraction of sp³-hybridized carbons (Fsp3) is 0. The van der Waals surface area contributed by atoms with Gasteiger partial charge in [-0.3, -0.25) is 0 Å². The summed E-state index contributed by atoms with van der Waals surface area (Å²) in [6.07, 6.45) is 0. The minimum atomic E-state index is 1.70. The van der Waals surface area contributed by atoms with E-state index in [2.05, 4.69) is 0 Å². The third-order valence-corrected chi connectivity index (χ3v) is 0. The molecule has 0 heterocycles.